The molecule has 0 aromatic heterocycles. The third-order valence-electron chi connectivity index (χ3n) is 2.97. The predicted octanol–water partition coefficient (Wildman–Crippen LogP) is 1.34. The summed E-state index contributed by atoms with van der Waals surface area (Å²) in [6.07, 6.45) is 5.70. The van der Waals surface area contributed by atoms with Gasteiger partial charge < -0.3 is 9.80 Å². The van der Waals surface area contributed by atoms with Crippen molar-refractivity contribution < 1.29 is 4.79 Å². The van der Waals surface area contributed by atoms with E-state index in [1.165, 1.54) is 19.4 Å². The van der Waals surface area contributed by atoms with Gasteiger partial charge in [-0.25, -0.2) is 0 Å². The molecule has 0 unspecified atom stereocenters. The minimum atomic E-state index is 0.456. The Morgan fingerprint density at radius 2 is 2.36 bits per heavy atom. The summed E-state index contributed by atoms with van der Waals surface area (Å²) in [5.41, 5.74) is 0. The van der Waals surface area contributed by atoms with E-state index in [1.807, 2.05) is 4.90 Å². The van der Waals surface area contributed by atoms with Crippen molar-refractivity contribution in [3.05, 3.63) is 0 Å². The highest BCUT2D eigenvalue weighted by atomic mass is 16.1. The van der Waals surface area contributed by atoms with Gasteiger partial charge in [0.2, 0.25) is 6.41 Å². The summed E-state index contributed by atoms with van der Waals surface area (Å²) in [7, 11) is 2.13. The molecule has 0 aromatic carbocycles. The first kappa shape index (κ1) is 11.5. The van der Waals surface area contributed by atoms with Crippen LogP contribution in [0, 0.1) is 0 Å². The normalized spacial score (nSPS) is 23.4. The van der Waals surface area contributed by atoms with Crippen molar-refractivity contribution in [3.63, 3.8) is 0 Å². The van der Waals surface area contributed by atoms with Gasteiger partial charge in [-0.1, -0.05) is 13.3 Å². The molecule has 14 heavy (non-hydrogen) atoms. The number of rotatable bonds is 5. The second-order valence-corrected chi connectivity index (χ2v) is 4.26. The zero-order valence-corrected chi connectivity index (χ0v) is 9.41. The number of likely N-dealkylation sites (N-methyl/N-ethyl adjacent to an activating group) is 1. The number of nitrogens with zero attached hydrogens (tertiary/aromatic N) is 2. The fraction of sp³-hybridized carbons (Fsp3) is 0.909. The van der Waals surface area contributed by atoms with Gasteiger partial charge in [0.1, 0.15) is 0 Å². The lowest BCUT2D eigenvalue weighted by molar-refractivity contribution is -0.121. The van der Waals surface area contributed by atoms with Gasteiger partial charge in [-0.2, -0.15) is 0 Å². The Labute approximate surface area is 87.1 Å². The Kier molecular flexibility index (Phi) is 4.94. The van der Waals surface area contributed by atoms with Crippen molar-refractivity contribution >= 4 is 6.41 Å². The van der Waals surface area contributed by atoms with E-state index < -0.39 is 0 Å². The number of hydrogen-bond donors (Lipinski definition) is 0. The molecule has 1 atom stereocenters. The molecular formula is C11H22N2O. The van der Waals surface area contributed by atoms with Crippen LogP contribution >= 0.6 is 0 Å². The molecule has 1 saturated heterocycles. The molecule has 0 radical (unpaired) electrons. The van der Waals surface area contributed by atoms with Gasteiger partial charge in [0.25, 0.3) is 0 Å². The van der Waals surface area contributed by atoms with Crippen LogP contribution in [-0.4, -0.2) is 48.9 Å². The van der Waals surface area contributed by atoms with Gasteiger partial charge in [0, 0.05) is 19.1 Å². The van der Waals surface area contributed by atoms with Crippen LogP contribution in [-0.2, 0) is 4.79 Å². The van der Waals surface area contributed by atoms with Crippen molar-refractivity contribution in [3.8, 4) is 0 Å². The standard InChI is InChI=1S/C11H22N2O/c1-3-4-8-13(10-14)11-6-5-7-12(2)9-11/h10-11H,3-9H2,1-2H3/t11-/m1/s1. The molecule has 1 amide bonds. The summed E-state index contributed by atoms with van der Waals surface area (Å²) in [6.45, 7) is 5.31. The predicted molar refractivity (Wildman–Crippen MR) is 58.2 cm³/mol. The summed E-state index contributed by atoms with van der Waals surface area (Å²) in [4.78, 5) is 15.2. The summed E-state index contributed by atoms with van der Waals surface area (Å²) in [6, 6.07) is 0.456. The highest BCUT2D eigenvalue weighted by Gasteiger charge is 2.21. The van der Waals surface area contributed by atoms with E-state index in [-0.39, 0.29) is 0 Å². The fourth-order valence-corrected chi connectivity index (χ4v) is 2.07. The summed E-state index contributed by atoms with van der Waals surface area (Å²) in [5, 5.41) is 0. The molecule has 1 rings (SSSR count). The van der Waals surface area contributed by atoms with Crippen LogP contribution in [0.2, 0.25) is 0 Å². The van der Waals surface area contributed by atoms with Crippen molar-refractivity contribution in [2.75, 3.05) is 26.7 Å². The lowest BCUT2D eigenvalue weighted by Crippen LogP contribution is -2.46. The Morgan fingerprint density at radius 1 is 1.57 bits per heavy atom. The highest BCUT2D eigenvalue weighted by Crippen LogP contribution is 2.13. The van der Waals surface area contributed by atoms with Gasteiger partial charge in [-0.3, -0.25) is 4.79 Å². The fourth-order valence-electron chi connectivity index (χ4n) is 2.07. The van der Waals surface area contributed by atoms with E-state index >= 15 is 0 Å². The molecule has 0 aliphatic carbocycles. The van der Waals surface area contributed by atoms with Gasteiger partial charge in [-0.05, 0) is 32.9 Å². The Bertz CT molecular complexity index is 173. The lowest BCUT2D eigenvalue weighted by Gasteiger charge is -2.35. The summed E-state index contributed by atoms with van der Waals surface area (Å²) >= 11 is 0. The molecule has 0 bridgehead atoms. The molecule has 0 aromatic rings. The van der Waals surface area contributed by atoms with Crippen molar-refractivity contribution in [2.24, 2.45) is 0 Å². The first-order valence-corrected chi connectivity index (χ1v) is 5.67. The number of carbonyl (C=O) groups is 1. The number of unbranched alkanes of at least 4 members (excludes halogenated alkanes) is 1. The Balaban J connectivity index is 2.38. The molecular weight excluding hydrogens is 176 g/mol. The van der Waals surface area contributed by atoms with Crippen molar-refractivity contribution in [1.29, 1.82) is 0 Å². The van der Waals surface area contributed by atoms with E-state index in [0.29, 0.717) is 6.04 Å². The third-order valence-corrected chi connectivity index (χ3v) is 2.97. The minimum Gasteiger partial charge on any atom is -0.341 e. The van der Waals surface area contributed by atoms with E-state index in [2.05, 4.69) is 18.9 Å². The smallest absolute Gasteiger partial charge is 0.209 e. The van der Waals surface area contributed by atoms with E-state index in [0.717, 1.165) is 32.3 Å². The number of amides is 1. The van der Waals surface area contributed by atoms with Gasteiger partial charge in [-0.15, -0.1) is 0 Å². The molecule has 0 N–H and O–H groups in total. The molecule has 0 saturated carbocycles. The molecule has 0 spiro atoms. The second kappa shape index (κ2) is 6.02. The second-order valence-electron chi connectivity index (χ2n) is 4.26. The summed E-state index contributed by atoms with van der Waals surface area (Å²) < 4.78 is 0. The zero-order chi connectivity index (χ0) is 10.4. The van der Waals surface area contributed by atoms with Crippen LogP contribution < -0.4 is 0 Å². The molecule has 1 heterocycles. The molecule has 1 aliphatic rings. The number of carbonyl (C=O) groups excluding carboxylic acids is 1. The minimum absolute atomic E-state index is 0.456. The number of hydrogen-bond acceptors (Lipinski definition) is 2. The van der Waals surface area contributed by atoms with Crippen LogP contribution in [0.5, 0.6) is 0 Å². The van der Waals surface area contributed by atoms with Crippen LogP contribution in [0.15, 0.2) is 0 Å². The van der Waals surface area contributed by atoms with Crippen LogP contribution in [0.1, 0.15) is 32.6 Å². The van der Waals surface area contributed by atoms with Crippen molar-refractivity contribution in [2.45, 2.75) is 38.6 Å². The maximum atomic E-state index is 10.9. The lowest BCUT2D eigenvalue weighted by atomic mass is 10.0. The monoisotopic (exact) mass is 198 g/mol. The third kappa shape index (κ3) is 3.29. The zero-order valence-electron chi connectivity index (χ0n) is 9.41. The quantitative estimate of drug-likeness (QED) is 0.622. The molecule has 1 fully saturated rings. The maximum absolute atomic E-state index is 10.9. The Morgan fingerprint density at radius 3 is 2.93 bits per heavy atom. The first-order valence-electron chi connectivity index (χ1n) is 5.67. The van der Waals surface area contributed by atoms with Crippen LogP contribution in [0.3, 0.4) is 0 Å². The first-order chi connectivity index (χ1) is 6.77. The number of likely N-dealkylation sites (tertiary alicyclic amines) is 1. The van der Waals surface area contributed by atoms with Gasteiger partial charge in [0.05, 0.1) is 0 Å². The SMILES string of the molecule is CCCCN(C=O)[C@@H]1CCCN(C)C1. The molecule has 82 valence electrons. The molecule has 3 nitrogen and oxygen atoms in total. The Hall–Kier alpha value is -0.570. The summed E-state index contributed by atoms with van der Waals surface area (Å²) in [5.74, 6) is 0. The highest BCUT2D eigenvalue weighted by molar-refractivity contribution is 5.47. The van der Waals surface area contributed by atoms with E-state index in [9.17, 15) is 4.79 Å². The number of piperidine rings is 1. The molecule has 3 heteroatoms. The average molecular weight is 198 g/mol. The largest absolute Gasteiger partial charge is 0.341 e. The van der Waals surface area contributed by atoms with E-state index in [1.54, 1.807) is 0 Å². The topological polar surface area (TPSA) is 23.6 Å². The van der Waals surface area contributed by atoms with Crippen molar-refractivity contribution in [1.82, 2.24) is 9.80 Å². The van der Waals surface area contributed by atoms with Crippen LogP contribution in [0.4, 0.5) is 0 Å². The molecule has 1 aliphatic heterocycles. The van der Waals surface area contributed by atoms with Crippen LogP contribution in [0.25, 0.3) is 0 Å². The van der Waals surface area contributed by atoms with Gasteiger partial charge in [0.15, 0.2) is 0 Å². The van der Waals surface area contributed by atoms with E-state index in [4.69, 9.17) is 0 Å². The van der Waals surface area contributed by atoms with Gasteiger partial charge >= 0.3 is 0 Å². The maximum Gasteiger partial charge on any atom is 0.209 e. The average Bonchev–Trinajstić information content (AvgIpc) is 2.19.